The Morgan fingerprint density at radius 3 is 1.72 bits per heavy atom. The molecule has 0 radical (unpaired) electrons. The van der Waals surface area contributed by atoms with Crippen LogP contribution < -0.4 is 5.73 Å². The van der Waals surface area contributed by atoms with Gasteiger partial charge in [0, 0.05) is 25.0 Å². The number of hydrogen-bond acceptors (Lipinski definition) is 1. The zero-order valence-corrected chi connectivity index (χ0v) is 9.94. The molecule has 1 aromatic rings. The number of nitrogens with two attached hydrogens (primary N) is 1. The summed E-state index contributed by atoms with van der Waals surface area (Å²) in [5.41, 5.74) is 3.87. The van der Waals surface area contributed by atoms with Gasteiger partial charge in [-0.2, -0.15) is 0 Å². The summed E-state index contributed by atoms with van der Waals surface area (Å²) < 4.78 is 52.7. The summed E-state index contributed by atoms with van der Waals surface area (Å²) >= 11 is 0. The van der Waals surface area contributed by atoms with Crippen LogP contribution in [0.25, 0.3) is 0 Å². The molecule has 18 heavy (non-hydrogen) atoms. The Labute approximate surface area is 102 Å². The molecule has 0 heterocycles. The smallest absolute Gasteiger partial charge is 0.270 e. The van der Waals surface area contributed by atoms with Crippen molar-refractivity contribution in [1.82, 2.24) is 0 Å². The van der Waals surface area contributed by atoms with Crippen molar-refractivity contribution < 1.29 is 22.4 Å². The second-order valence-corrected chi connectivity index (χ2v) is 4.34. The number of alkyl halides is 4. The Kier molecular flexibility index (Phi) is 3.69. The highest BCUT2D eigenvalue weighted by Crippen LogP contribution is 2.34. The highest BCUT2D eigenvalue weighted by molar-refractivity contribution is 5.76. The molecule has 1 rings (SSSR count). The van der Waals surface area contributed by atoms with Crippen LogP contribution >= 0.6 is 0 Å². The van der Waals surface area contributed by atoms with Gasteiger partial charge in [-0.3, -0.25) is 4.79 Å². The number of amides is 1. The zero-order valence-electron chi connectivity index (χ0n) is 9.94. The van der Waals surface area contributed by atoms with E-state index in [1.807, 2.05) is 0 Å². The summed E-state index contributed by atoms with van der Waals surface area (Å²) in [6, 6.07) is 2.77. The van der Waals surface area contributed by atoms with Crippen molar-refractivity contribution >= 4 is 5.91 Å². The van der Waals surface area contributed by atoms with Crippen molar-refractivity contribution in [2.75, 3.05) is 0 Å². The fourth-order valence-electron chi connectivity index (χ4n) is 1.50. The molecule has 2 N–H and O–H groups in total. The lowest BCUT2D eigenvalue weighted by Crippen LogP contribution is -2.17. The molecule has 0 bridgehead atoms. The van der Waals surface area contributed by atoms with E-state index in [1.54, 1.807) is 0 Å². The molecule has 0 unspecified atom stereocenters. The lowest BCUT2D eigenvalue weighted by molar-refractivity contribution is -0.117. The van der Waals surface area contributed by atoms with Gasteiger partial charge in [-0.05, 0) is 23.8 Å². The molecule has 0 aromatic heterocycles. The fraction of sp³-hybridized carbons (Fsp3) is 0.417. The van der Waals surface area contributed by atoms with E-state index < -0.39 is 28.9 Å². The second-order valence-electron chi connectivity index (χ2n) is 4.34. The number of rotatable bonds is 4. The molecular weight excluding hydrogens is 250 g/mol. The third-order valence-electron chi connectivity index (χ3n) is 2.38. The highest BCUT2D eigenvalue weighted by atomic mass is 19.3. The maximum atomic E-state index is 13.2. The molecule has 0 aliphatic carbocycles. The molecule has 1 aromatic carbocycles. The molecule has 0 aliphatic rings. The van der Waals surface area contributed by atoms with Gasteiger partial charge in [0.1, 0.15) is 0 Å². The SMILES string of the molecule is CC(F)(F)c1cc(CC(N)=O)cc(C(C)(F)F)c1. The minimum atomic E-state index is -3.26. The van der Waals surface area contributed by atoms with Gasteiger partial charge < -0.3 is 5.73 Å². The van der Waals surface area contributed by atoms with Gasteiger partial charge in [0.05, 0.1) is 6.42 Å². The first-order valence-electron chi connectivity index (χ1n) is 5.19. The molecule has 0 saturated heterocycles. The van der Waals surface area contributed by atoms with Crippen LogP contribution in [0.5, 0.6) is 0 Å². The van der Waals surface area contributed by atoms with E-state index in [0.717, 1.165) is 18.2 Å². The van der Waals surface area contributed by atoms with Gasteiger partial charge in [-0.15, -0.1) is 0 Å². The average molecular weight is 263 g/mol. The van der Waals surface area contributed by atoms with E-state index in [1.165, 1.54) is 0 Å². The maximum absolute atomic E-state index is 13.2. The first-order valence-corrected chi connectivity index (χ1v) is 5.19. The van der Waals surface area contributed by atoms with Gasteiger partial charge in [0.15, 0.2) is 0 Å². The summed E-state index contributed by atoms with van der Waals surface area (Å²) in [7, 11) is 0. The van der Waals surface area contributed by atoms with Crippen molar-refractivity contribution in [3.8, 4) is 0 Å². The van der Waals surface area contributed by atoms with E-state index in [2.05, 4.69) is 0 Å². The van der Waals surface area contributed by atoms with E-state index in [9.17, 15) is 22.4 Å². The van der Waals surface area contributed by atoms with E-state index in [-0.39, 0.29) is 12.0 Å². The van der Waals surface area contributed by atoms with Crippen molar-refractivity contribution in [3.05, 3.63) is 34.9 Å². The number of benzene rings is 1. The molecule has 1 amide bonds. The monoisotopic (exact) mass is 263 g/mol. The molecule has 0 atom stereocenters. The first kappa shape index (κ1) is 14.5. The largest absolute Gasteiger partial charge is 0.369 e. The molecule has 0 fully saturated rings. The quantitative estimate of drug-likeness (QED) is 0.834. The van der Waals surface area contributed by atoms with E-state index in [4.69, 9.17) is 5.73 Å². The Balaban J connectivity index is 3.34. The van der Waals surface area contributed by atoms with Crippen LogP contribution in [0.15, 0.2) is 18.2 Å². The van der Waals surface area contributed by atoms with Gasteiger partial charge in [-0.25, -0.2) is 17.6 Å². The average Bonchev–Trinajstić information content (AvgIpc) is 2.13. The summed E-state index contributed by atoms with van der Waals surface area (Å²) in [5, 5.41) is 0. The normalized spacial score (nSPS) is 12.6. The third kappa shape index (κ3) is 3.72. The Morgan fingerprint density at radius 1 is 1.06 bits per heavy atom. The summed E-state index contributed by atoms with van der Waals surface area (Å²) in [6.45, 7) is 1.21. The molecule has 6 heteroatoms. The number of hydrogen-bond donors (Lipinski definition) is 1. The topological polar surface area (TPSA) is 43.1 Å². The van der Waals surface area contributed by atoms with Crippen LogP contribution in [0.4, 0.5) is 17.6 Å². The van der Waals surface area contributed by atoms with E-state index >= 15 is 0 Å². The van der Waals surface area contributed by atoms with Gasteiger partial charge in [0.2, 0.25) is 5.91 Å². The van der Waals surface area contributed by atoms with Crippen LogP contribution in [0.3, 0.4) is 0 Å². The fourth-order valence-corrected chi connectivity index (χ4v) is 1.50. The maximum Gasteiger partial charge on any atom is 0.270 e. The van der Waals surface area contributed by atoms with Crippen LogP contribution in [0.1, 0.15) is 30.5 Å². The van der Waals surface area contributed by atoms with Crippen molar-refractivity contribution in [2.45, 2.75) is 32.1 Å². The van der Waals surface area contributed by atoms with Gasteiger partial charge in [-0.1, -0.05) is 0 Å². The number of carbonyl (C=O) groups excluding carboxylic acids is 1. The number of halogens is 4. The molecular formula is C12H13F4NO. The Hall–Kier alpha value is -1.59. The predicted octanol–water partition coefficient (Wildman–Crippen LogP) is 2.94. The van der Waals surface area contributed by atoms with Crippen molar-refractivity contribution in [3.63, 3.8) is 0 Å². The summed E-state index contributed by atoms with van der Waals surface area (Å²) in [4.78, 5) is 10.7. The standard InChI is InChI=1S/C12H13F4NO/c1-11(13,14)8-3-7(5-10(17)18)4-9(6-8)12(2,15)16/h3-4,6H,5H2,1-2H3,(H2,17,18). The minimum Gasteiger partial charge on any atom is -0.369 e. The van der Waals surface area contributed by atoms with Crippen LogP contribution in [0.2, 0.25) is 0 Å². The lowest BCUT2D eigenvalue weighted by Gasteiger charge is -2.17. The second kappa shape index (κ2) is 4.59. The molecule has 0 saturated carbocycles. The molecule has 0 spiro atoms. The van der Waals surface area contributed by atoms with Crippen molar-refractivity contribution in [2.24, 2.45) is 5.73 Å². The van der Waals surface area contributed by atoms with E-state index in [0.29, 0.717) is 13.8 Å². The molecule has 2 nitrogen and oxygen atoms in total. The lowest BCUT2D eigenvalue weighted by atomic mass is 9.97. The highest BCUT2D eigenvalue weighted by Gasteiger charge is 2.30. The summed E-state index contributed by atoms with van der Waals surface area (Å²) in [6.07, 6.45) is -0.354. The zero-order chi connectivity index (χ0) is 14.1. The van der Waals surface area contributed by atoms with Crippen LogP contribution in [-0.4, -0.2) is 5.91 Å². The van der Waals surface area contributed by atoms with Crippen molar-refractivity contribution in [1.29, 1.82) is 0 Å². The Bertz CT molecular complexity index is 428. The number of primary amides is 1. The third-order valence-corrected chi connectivity index (χ3v) is 2.38. The first-order chi connectivity index (χ1) is 8.00. The molecule has 100 valence electrons. The Morgan fingerprint density at radius 2 is 1.44 bits per heavy atom. The van der Waals surface area contributed by atoms with Gasteiger partial charge in [0.25, 0.3) is 11.8 Å². The van der Waals surface area contributed by atoms with Crippen LogP contribution in [-0.2, 0) is 23.1 Å². The number of carbonyl (C=O) groups is 1. The molecule has 0 aliphatic heterocycles. The summed E-state index contributed by atoms with van der Waals surface area (Å²) in [5.74, 6) is -7.28. The van der Waals surface area contributed by atoms with Crippen LogP contribution in [0, 0.1) is 0 Å². The minimum absolute atomic E-state index is 0.0538. The van der Waals surface area contributed by atoms with Gasteiger partial charge >= 0.3 is 0 Å². The predicted molar refractivity (Wildman–Crippen MR) is 58.5 cm³/mol.